The molecule has 1 aliphatic rings. The van der Waals surface area contributed by atoms with E-state index in [1.807, 2.05) is 0 Å². The molecule has 0 bridgehead atoms. The van der Waals surface area contributed by atoms with Crippen molar-refractivity contribution < 1.29 is 13.3 Å². The van der Waals surface area contributed by atoms with Crippen molar-refractivity contribution in [3.05, 3.63) is 52.7 Å². The fourth-order valence-electron chi connectivity index (χ4n) is 2.70. The molecule has 1 saturated heterocycles. The molecule has 5 nitrogen and oxygen atoms in total. The monoisotopic (exact) mass is 350 g/mol. The second kappa shape index (κ2) is 7.27. The number of pyridine rings is 1. The summed E-state index contributed by atoms with van der Waals surface area (Å²) in [7, 11) is -1.27. The Morgan fingerprint density at radius 1 is 1.25 bits per heavy atom. The summed E-state index contributed by atoms with van der Waals surface area (Å²) < 4.78 is 32.7. The predicted molar refractivity (Wildman–Crippen MR) is 90.8 cm³/mol. The molecule has 1 aromatic carbocycles. The number of piperidine rings is 1. The summed E-state index contributed by atoms with van der Waals surface area (Å²) in [6.45, 7) is 1.80. The molecule has 1 N–H and O–H groups in total. The van der Waals surface area contributed by atoms with Crippen LogP contribution in [0.25, 0.3) is 5.69 Å². The minimum atomic E-state index is -1.27. The van der Waals surface area contributed by atoms with Crippen molar-refractivity contribution in [3.63, 3.8) is 0 Å². The number of nitrogens with one attached hydrogen (secondary N) is 1. The lowest BCUT2D eigenvalue weighted by atomic mass is 10.1. The van der Waals surface area contributed by atoms with E-state index in [0.717, 1.165) is 25.9 Å². The second-order valence-electron chi connectivity index (χ2n) is 5.71. The molecule has 128 valence electrons. The maximum Gasteiger partial charge on any atom is 0.258 e. The van der Waals surface area contributed by atoms with Crippen LogP contribution < -0.4 is 15.6 Å². The van der Waals surface area contributed by atoms with Crippen LogP contribution in [0.5, 0.6) is 5.75 Å². The van der Waals surface area contributed by atoms with Crippen LogP contribution in [0.15, 0.2) is 46.2 Å². The highest BCUT2D eigenvalue weighted by atomic mass is 32.2. The van der Waals surface area contributed by atoms with Crippen LogP contribution in [0.2, 0.25) is 0 Å². The van der Waals surface area contributed by atoms with Crippen molar-refractivity contribution in [1.82, 2.24) is 9.88 Å². The zero-order chi connectivity index (χ0) is 17.1. The number of hydrogen-bond donors (Lipinski definition) is 1. The Hall–Kier alpha value is -1.99. The molecule has 2 heterocycles. The van der Waals surface area contributed by atoms with Crippen molar-refractivity contribution in [3.8, 4) is 11.4 Å². The lowest BCUT2D eigenvalue weighted by Crippen LogP contribution is -2.34. The van der Waals surface area contributed by atoms with Gasteiger partial charge in [-0.25, -0.2) is 4.39 Å². The molecule has 0 aliphatic carbocycles. The van der Waals surface area contributed by atoms with Gasteiger partial charge in [-0.3, -0.25) is 13.6 Å². The van der Waals surface area contributed by atoms with Gasteiger partial charge in [0.1, 0.15) is 17.7 Å². The number of rotatable bonds is 4. The maximum absolute atomic E-state index is 14.2. The molecule has 0 radical (unpaired) electrons. The minimum Gasteiger partial charge on any atom is -0.490 e. The van der Waals surface area contributed by atoms with Gasteiger partial charge >= 0.3 is 0 Å². The number of benzene rings is 1. The summed E-state index contributed by atoms with van der Waals surface area (Å²) in [6, 6.07) is 7.24. The first-order valence-electron chi connectivity index (χ1n) is 7.78. The van der Waals surface area contributed by atoms with Crippen molar-refractivity contribution in [2.24, 2.45) is 0 Å². The fraction of sp³-hybridized carbons (Fsp3) is 0.353. The van der Waals surface area contributed by atoms with E-state index < -0.39 is 16.6 Å². The third-order valence-electron chi connectivity index (χ3n) is 3.99. The molecule has 1 aromatic heterocycles. The van der Waals surface area contributed by atoms with Gasteiger partial charge in [-0.1, -0.05) is 0 Å². The van der Waals surface area contributed by atoms with Crippen molar-refractivity contribution in [2.75, 3.05) is 19.3 Å². The van der Waals surface area contributed by atoms with Gasteiger partial charge in [0.05, 0.1) is 5.69 Å². The highest BCUT2D eigenvalue weighted by Crippen LogP contribution is 2.18. The molecular formula is C17H19FN2O3S. The maximum atomic E-state index is 14.2. The van der Waals surface area contributed by atoms with E-state index in [-0.39, 0.29) is 17.4 Å². The Morgan fingerprint density at radius 2 is 2.00 bits per heavy atom. The second-order valence-corrected chi connectivity index (χ2v) is 7.08. The van der Waals surface area contributed by atoms with Crippen molar-refractivity contribution in [2.45, 2.75) is 23.8 Å². The highest BCUT2D eigenvalue weighted by Gasteiger charge is 2.15. The van der Waals surface area contributed by atoms with Crippen LogP contribution >= 0.6 is 0 Å². The summed E-state index contributed by atoms with van der Waals surface area (Å²) in [5, 5.41) is 3.25. The smallest absolute Gasteiger partial charge is 0.258 e. The third-order valence-corrected chi connectivity index (χ3v) is 4.91. The van der Waals surface area contributed by atoms with Crippen LogP contribution in [0.4, 0.5) is 4.39 Å². The Balaban J connectivity index is 1.84. The lowest BCUT2D eigenvalue weighted by Gasteiger charge is -2.23. The quantitative estimate of drug-likeness (QED) is 0.914. The summed E-state index contributed by atoms with van der Waals surface area (Å²) in [5.41, 5.74) is -0.242. The topological polar surface area (TPSA) is 60.3 Å². The molecule has 7 heteroatoms. The zero-order valence-corrected chi connectivity index (χ0v) is 14.1. The Labute approximate surface area is 141 Å². The lowest BCUT2D eigenvalue weighted by molar-refractivity contribution is 0.162. The number of ether oxygens (including phenoxy) is 1. The molecule has 1 unspecified atom stereocenters. The van der Waals surface area contributed by atoms with E-state index in [1.165, 1.54) is 35.2 Å². The van der Waals surface area contributed by atoms with Crippen LogP contribution in [0.1, 0.15) is 12.8 Å². The van der Waals surface area contributed by atoms with Gasteiger partial charge in [0.25, 0.3) is 5.56 Å². The molecule has 0 saturated carbocycles. The van der Waals surface area contributed by atoms with Gasteiger partial charge in [-0.15, -0.1) is 0 Å². The van der Waals surface area contributed by atoms with Crippen LogP contribution in [-0.4, -0.2) is 34.2 Å². The van der Waals surface area contributed by atoms with E-state index in [2.05, 4.69) is 5.32 Å². The molecule has 0 amide bonds. The van der Waals surface area contributed by atoms with E-state index in [0.29, 0.717) is 10.6 Å². The molecule has 1 fully saturated rings. The average molecular weight is 350 g/mol. The number of halogens is 1. The number of nitrogens with zero attached hydrogens (tertiary/aromatic N) is 1. The number of aromatic nitrogens is 1. The van der Waals surface area contributed by atoms with Crippen molar-refractivity contribution in [1.29, 1.82) is 0 Å². The Morgan fingerprint density at radius 3 is 2.62 bits per heavy atom. The molecule has 3 rings (SSSR count). The standard InChI is InChI=1S/C17H19FN2O3S/c1-24(22)14-2-3-16(15(18)11-14)20-9-6-13(10-17(20)21)23-12-4-7-19-8-5-12/h2-3,6,9-12,19H,4-5,7-8H2,1H3. The average Bonchev–Trinajstić information content (AvgIpc) is 2.56. The highest BCUT2D eigenvalue weighted by molar-refractivity contribution is 7.84. The van der Waals surface area contributed by atoms with Gasteiger partial charge in [0.2, 0.25) is 0 Å². The summed E-state index contributed by atoms with van der Waals surface area (Å²) >= 11 is 0. The molecule has 2 aromatic rings. The van der Waals surface area contributed by atoms with E-state index in [9.17, 15) is 13.4 Å². The first kappa shape index (κ1) is 16.9. The summed E-state index contributed by atoms with van der Waals surface area (Å²) in [4.78, 5) is 12.7. The molecule has 0 spiro atoms. The van der Waals surface area contributed by atoms with E-state index in [1.54, 1.807) is 12.1 Å². The largest absolute Gasteiger partial charge is 0.490 e. The molecule has 1 aliphatic heterocycles. The Kier molecular flexibility index (Phi) is 5.11. The van der Waals surface area contributed by atoms with Gasteiger partial charge in [-0.2, -0.15) is 0 Å². The van der Waals surface area contributed by atoms with Gasteiger partial charge in [-0.05, 0) is 50.2 Å². The minimum absolute atomic E-state index is 0.0945. The van der Waals surface area contributed by atoms with Crippen LogP contribution in [-0.2, 0) is 10.8 Å². The summed E-state index contributed by atoms with van der Waals surface area (Å²) in [5.74, 6) is -0.0911. The Bertz CT molecular complexity index is 816. The zero-order valence-electron chi connectivity index (χ0n) is 13.3. The third kappa shape index (κ3) is 3.73. The van der Waals surface area contributed by atoms with Gasteiger partial charge < -0.3 is 10.1 Å². The van der Waals surface area contributed by atoms with E-state index >= 15 is 0 Å². The molecule has 1 atom stereocenters. The normalized spacial score (nSPS) is 16.8. The first-order chi connectivity index (χ1) is 11.5. The first-order valence-corrected chi connectivity index (χ1v) is 9.34. The summed E-state index contributed by atoms with van der Waals surface area (Å²) in [6.07, 6.45) is 4.87. The van der Waals surface area contributed by atoms with Crippen molar-refractivity contribution >= 4 is 10.8 Å². The number of hydrogen-bond acceptors (Lipinski definition) is 4. The predicted octanol–water partition coefficient (Wildman–Crippen LogP) is 1.84. The van der Waals surface area contributed by atoms with Gasteiger partial charge in [0, 0.05) is 34.2 Å². The molecular weight excluding hydrogens is 331 g/mol. The van der Waals surface area contributed by atoms with Gasteiger partial charge in [0.15, 0.2) is 0 Å². The SMILES string of the molecule is CS(=O)c1ccc(-n2ccc(OC3CCNCC3)cc2=O)c(F)c1. The van der Waals surface area contributed by atoms with Crippen LogP contribution in [0, 0.1) is 5.82 Å². The van der Waals surface area contributed by atoms with E-state index in [4.69, 9.17) is 4.74 Å². The van der Waals surface area contributed by atoms with Crippen LogP contribution in [0.3, 0.4) is 0 Å². The molecule has 24 heavy (non-hydrogen) atoms. The fourth-order valence-corrected chi connectivity index (χ4v) is 3.23.